The molecule has 12 nitrogen and oxygen atoms in total. The lowest BCUT2D eigenvalue weighted by Crippen LogP contribution is -2.33. The number of nitrogens with zero attached hydrogens (tertiary/aromatic N) is 4. The SMILES string of the molecule is Nc1ncnc2c1ncn2[C@@H]1O[C@H](CO[PH](=O)O)[C@@H](O)[C@H]1O.O. The van der Waals surface area contributed by atoms with E-state index in [1.54, 1.807) is 0 Å². The van der Waals surface area contributed by atoms with Gasteiger partial charge in [0.1, 0.15) is 30.2 Å². The molecule has 2 aromatic heterocycles. The van der Waals surface area contributed by atoms with E-state index in [0.717, 1.165) is 0 Å². The molecule has 3 rings (SSSR count). The highest BCUT2D eigenvalue weighted by molar-refractivity contribution is 7.32. The molecule has 0 radical (unpaired) electrons. The highest BCUT2D eigenvalue weighted by Crippen LogP contribution is 2.33. The molecule has 1 aliphatic rings. The highest BCUT2D eigenvalue weighted by atomic mass is 31.1. The Morgan fingerprint density at radius 3 is 2.78 bits per heavy atom. The Balaban J connectivity index is 0.00000192. The average Bonchev–Trinajstić information content (AvgIpc) is 3.01. The van der Waals surface area contributed by atoms with Gasteiger partial charge in [0.15, 0.2) is 17.7 Å². The van der Waals surface area contributed by atoms with Crippen LogP contribution in [0.5, 0.6) is 0 Å². The normalized spacial score (nSPS) is 28.7. The largest absolute Gasteiger partial charge is 0.412 e. The van der Waals surface area contributed by atoms with Crippen LogP contribution < -0.4 is 5.73 Å². The van der Waals surface area contributed by atoms with Gasteiger partial charge in [0.05, 0.1) is 12.9 Å². The summed E-state index contributed by atoms with van der Waals surface area (Å²) in [5.74, 6) is 0.176. The third-order valence-corrected chi connectivity index (χ3v) is 3.78. The van der Waals surface area contributed by atoms with Crippen LogP contribution in [0.2, 0.25) is 0 Å². The first-order valence-electron chi connectivity index (χ1n) is 6.29. The van der Waals surface area contributed by atoms with Crippen molar-refractivity contribution in [3.05, 3.63) is 12.7 Å². The van der Waals surface area contributed by atoms with Crippen molar-refractivity contribution in [3.8, 4) is 0 Å². The zero-order valence-corrected chi connectivity index (χ0v) is 12.6. The van der Waals surface area contributed by atoms with Crippen molar-refractivity contribution in [3.63, 3.8) is 0 Å². The molecule has 1 unspecified atom stereocenters. The number of rotatable bonds is 4. The van der Waals surface area contributed by atoms with Crippen LogP contribution >= 0.6 is 8.25 Å². The third kappa shape index (κ3) is 3.19. The summed E-state index contributed by atoms with van der Waals surface area (Å²) < 4.78 is 22.0. The highest BCUT2D eigenvalue weighted by Gasteiger charge is 2.44. The minimum absolute atomic E-state index is 0. The second-order valence-electron chi connectivity index (χ2n) is 4.71. The number of fused-ring (bicyclic) bond motifs is 1. The molecule has 2 aromatic rings. The molecule has 0 amide bonds. The zero-order chi connectivity index (χ0) is 15.9. The average molecular weight is 349 g/mol. The molecule has 23 heavy (non-hydrogen) atoms. The summed E-state index contributed by atoms with van der Waals surface area (Å²) in [6.45, 7) is -0.327. The molecular weight excluding hydrogens is 333 g/mol. The van der Waals surface area contributed by atoms with E-state index in [1.165, 1.54) is 17.2 Å². The van der Waals surface area contributed by atoms with Crippen LogP contribution in [-0.2, 0) is 13.8 Å². The van der Waals surface area contributed by atoms with Gasteiger partial charge in [0.2, 0.25) is 0 Å². The van der Waals surface area contributed by atoms with Crippen LogP contribution in [0.3, 0.4) is 0 Å². The zero-order valence-electron chi connectivity index (χ0n) is 11.6. The van der Waals surface area contributed by atoms with Crippen LogP contribution in [0.15, 0.2) is 12.7 Å². The fraction of sp³-hybridized carbons (Fsp3) is 0.500. The maximum Gasteiger partial charge on any atom is 0.316 e. The second-order valence-corrected chi connectivity index (χ2v) is 5.53. The molecule has 7 N–H and O–H groups in total. The molecule has 1 aliphatic heterocycles. The molecule has 0 spiro atoms. The molecule has 3 heterocycles. The van der Waals surface area contributed by atoms with Crippen molar-refractivity contribution in [2.75, 3.05) is 12.3 Å². The number of nitrogen functional groups attached to an aromatic ring is 1. The van der Waals surface area contributed by atoms with Crippen LogP contribution in [0.1, 0.15) is 6.23 Å². The maximum atomic E-state index is 10.6. The number of aromatic nitrogens is 4. The van der Waals surface area contributed by atoms with Gasteiger partial charge in [-0.05, 0) is 0 Å². The fourth-order valence-corrected chi connectivity index (χ4v) is 2.61. The number of hydrogen-bond acceptors (Lipinski definition) is 9. The van der Waals surface area contributed by atoms with Crippen LogP contribution in [0.4, 0.5) is 5.82 Å². The van der Waals surface area contributed by atoms with Crippen LogP contribution in [0.25, 0.3) is 11.2 Å². The van der Waals surface area contributed by atoms with E-state index in [1.807, 2.05) is 0 Å². The molecule has 0 aliphatic carbocycles. The lowest BCUT2D eigenvalue weighted by Gasteiger charge is -2.16. The van der Waals surface area contributed by atoms with E-state index in [4.69, 9.17) is 15.4 Å². The van der Waals surface area contributed by atoms with Crippen molar-refractivity contribution in [1.29, 1.82) is 0 Å². The topological polar surface area (TPSA) is 197 Å². The molecule has 5 atom stereocenters. The van der Waals surface area contributed by atoms with E-state index in [0.29, 0.717) is 11.2 Å². The van der Waals surface area contributed by atoms with Crippen molar-refractivity contribution in [2.45, 2.75) is 24.5 Å². The fourth-order valence-electron chi connectivity index (χ4n) is 2.31. The van der Waals surface area contributed by atoms with Gasteiger partial charge in [-0.2, -0.15) is 0 Å². The molecule has 13 heteroatoms. The molecule has 1 saturated heterocycles. The van der Waals surface area contributed by atoms with Crippen molar-refractivity contribution < 1.29 is 34.4 Å². The van der Waals surface area contributed by atoms with Crippen molar-refractivity contribution >= 4 is 25.2 Å². The Labute approximate surface area is 129 Å². The summed E-state index contributed by atoms with van der Waals surface area (Å²) in [4.78, 5) is 20.5. The number of anilines is 1. The Morgan fingerprint density at radius 1 is 1.35 bits per heavy atom. The Kier molecular flexibility index (Phi) is 5.26. The first-order chi connectivity index (χ1) is 10.5. The van der Waals surface area contributed by atoms with Gasteiger partial charge < -0.3 is 35.6 Å². The van der Waals surface area contributed by atoms with Gasteiger partial charge in [0, 0.05) is 0 Å². The number of hydrogen-bond donors (Lipinski definition) is 4. The first kappa shape index (κ1) is 17.7. The van der Waals surface area contributed by atoms with Crippen molar-refractivity contribution in [1.82, 2.24) is 19.5 Å². The minimum atomic E-state index is -3.15. The van der Waals surface area contributed by atoms with Gasteiger partial charge in [-0.3, -0.25) is 9.13 Å². The first-order valence-corrected chi connectivity index (χ1v) is 7.55. The molecule has 0 bridgehead atoms. The molecule has 0 aromatic carbocycles. The number of ether oxygens (including phenoxy) is 1. The Hall–Kier alpha value is -1.66. The van der Waals surface area contributed by atoms with E-state index < -0.39 is 32.8 Å². The summed E-state index contributed by atoms with van der Waals surface area (Å²) in [5.41, 5.74) is 6.35. The summed E-state index contributed by atoms with van der Waals surface area (Å²) >= 11 is 0. The molecule has 0 saturated carbocycles. The number of aliphatic hydroxyl groups is 2. The van der Waals surface area contributed by atoms with E-state index in [9.17, 15) is 14.8 Å². The maximum absolute atomic E-state index is 10.6. The number of imidazole rings is 1. The Morgan fingerprint density at radius 2 is 2.09 bits per heavy atom. The Bertz CT molecular complexity index is 712. The molecular formula is C10H16N5O7P. The predicted octanol–water partition coefficient (Wildman–Crippen LogP) is -2.40. The number of nitrogens with two attached hydrogens (primary N) is 1. The smallest absolute Gasteiger partial charge is 0.316 e. The standard InChI is InChI=1S/C10H14N5O6P.H2O/c11-8-5-9(13-2-12-8)15(3-14-5)10-7(17)6(16)4(21-10)1-20-22(18)19;/h2-4,6-7,10,16-17,22H,1H2,(H,18,19)(H2,11,12,13);1H2/t4-,6-,7-,10-;/m1./s1. The molecule has 1 fully saturated rings. The lowest BCUT2D eigenvalue weighted by molar-refractivity contribution is -0.0476. The van der Waals surface area contributed by atoms with E-state index in [2.05, 4.69) is 19.5 Å². The molecule has 128 valence electrons. The van der Waals surface area contributed by atoms with Gasteiger partial charge in [-0.25, -0.2) is 15.0 Å². The third-order valence-electron chi connectivity index (χ3n) is 3.37. The van der Waals surface area contributed by atoms with Crippen molar-refractivity contribution in [2.24, 2.45) is 0 Å². The van der Waals surface area contributed by atoms with Gasteiger partial charge in [-0.1, -0.05) is 0 Å². The predicted molar refractivity (Wildman–Crippen MR) is 76.4 cm³/mol. The summed E-state index contributed by atoms with van der Waals surface area (Å²) in [7, 11) is -3.15. The van der Waals surface area contributed by atoms with E-state index in [-0.39, 0.29) is 17.9 Å². The minimum Gasteiger partial charge on any atom is -0.412 e. The summed E-state index contributed by atoms with van der Waals surface area (Å²) in [6, 6.07) is 0. The number of aliphatic hydroxyl groups excluding tert-OH is 2. The van der Waals surface area contributed by atoms with Crippen LogP contribution in [-0.4, -0.2) is 65.0 Å². The van der Waals surface area contributed by atoms with E-state index >= 15 is 0 Å². The van der Waals surface area contributed by atoms with Gasteiger partial charge in [-0.15, -0.1) is 0 Å². The lowest BCUT2D eigenvalue weighted by atomic mass is 10.1. The van der Waals surface area contributed by atoms with Crippen LogP contribution in [0, 0.1) is 0 Å². The van der Waals surface area contributed by atoms with Gasteiger partial charge >= 0.3 is 8.25 Å². The summed E-state index contributed by atoms with van der Waals surface area (Å²) in [5, 5.41) is 20.1. The summed E-state index contributed by atoms with van der Waals surface area (Å²) in [6.07, 6.45) is -1.92. The second kappa shape index (κ2) is 6.84. The van der Waals surface area contributed by atoms with Gasteiger partial charge in [0.25, 0.3) is 0 Å². The quantitative estimate of drug-likeness (QED) is 0.432. The monoisotopic (exact) mass is 349 g/mol.